The summed E-state index contributed by atoms with van der Waals surface area (Å²) in [6.45, 7) is 1.42. The molecule has 0 atom stereocenters. The summed E-state index contributed by atoms with van der Waals surface area (Å²) in [7, 11) is 4.76. The third-order valence-corrected chi connectivity index (χ3v) is 6.58. The zero-order valence-electron chi connectivity index (χ0n) is 18.8. The molecule has 1 aromatic heterocycles. The van der Waals surface area contributed by atoms with Crippen LogP contribution in [0.3, 0.4) is 0 Å². The molecule has 2 N–H and O–H groups in total. The number of nitrogens with one attached hydrogen (secondary N) is 2. The highest BCUT2D eigenvalue weighted by atomic mass is 32.2. The quantitative estimate of drug-likeness (QED) is 0.403. The number of amides is 2. The molecule has 33 heavy (non-hydrogen) atoms. The number of carbonyl (C=O) groups is 2. The smallest absolute Gasteiger partial charge is 0.230 e. The van der Waals surface area contributed by atoms with Crippen molar-refractivity contribution in [3.8, 4) is 17.2 Å². The molecule has 2 aromatic carbocycles. The lowest BCUT2D eigenvalue weighted by Gasteiger charge is -2.12. The topological polar surface area (TPSA) is 98.8 Å². The molecule has 2 amide bonds. The molecule has 1 heterocycles. The van der Waals surface area contributed by atoms with E-state index in [-0.39, 0.29) is 18.2 Å². The Labute approximate surface area is 200 Å². The summed E-state index contributed by atoms with van der Waals surface area (Å²) < 4.78 is 16.8. The molecule has 0 aliphatic heterocycles. The minimum Gasteiger partial charge on any atom is -0.497 e. The van der Waals surface area contributed by atoms with Gasteiger partial charge >= 0.3 is 0 Å². The Hall–Kier alpha value is -3.24. The molecule has 0 unspecified atom stereocenters. The fourth-order valence-corrected chi connectivity index (χ4v) is 4.75. The number of anilines is 2. The van der Waals surface area contributed by atoms with Crippen molar-refractivity contribution in [2.45, 2.75) is 23.4 Å². The number of methoxy groups -OCH3 is 3. The summed E-state index contributed by atoms with van der Waals surface area (Å²) in [5, 5.41) is 7.39. The Morgan fingerprint density at radius 2 is 1.73 bits per heavy atom. The van der Waals surface area contributed by atoms with E-state index < -0.39 is 0 Å². The lowest BCUT2D eigenvalue weighted by atomic mass is 10.2. The molecule has 8 nitrogen and oxygen atoms in total. The second-order valence-electron chi connectivity index (χ2n) is 6.94. The molecular weight excluding hydrogens is 462 g/mol. The molecule has 174 valence electrons. The number of carbonyl (C=O) groups excluding carboxylic acids is 2. The number of nitrogens with zero attached hydrogens (tertiary/aromatic N) is 1. The Balaban J connectivity index is 1.60. The summed E-state index contributed by atoms with van der Waals surface area (Å²) in [4.78, 5) is 28.5. The number of aromatic nitrogens is 1. The molecule has 0 saturated carbocycles. The summed E-state index contributed by atoms with van der Waals surface area (Å²) in [6.07, 6.45) is 0.123. The summed E-state index contributed by atoms with van der Waals surface area (Å²) >= 11 is 3.07. The number of hydrogen-bond donors (Lipinski definition) is 2. The van der Waals surface area contributed by atoms with Crippen molar-refractivity contribution in [1.82, 2.24) is 4.98 Å². The summed E-state index contributed by atoms with van der Waals surface area (Å²) in [5.74, 6) is 2.24. The van der Waals surface area contributed by atoms with Crippen LogP contribution in [0, 0.1) is 0 Å². The maximum Gasteiger partial charge on any atom is 0.230 e. The molecule has 10 heteroatoms. The average Bonchev–Trinajstić information content (AvgIpc) is 3.24. The van der Waals surface area contributed by atoms with Crippen molar-refractivity contribution >= 4 is 46.3 Å². The van der Waals surface area contributed by atoms with Gasteiger partial charge in [0.05, 0.1) is 39.1 Å². The first kappa shape index (κ1) is 24.4. The summed E-state index contributed by atoms with van der Waals surface area (Å²) in [6, 6.07) is 10.8. The average molecular weight is 488 g/mol. The monoisotopic (exact) mass is 487 g/mol. The number of ether oxygens (including phenoxy) is 3. The molecular formula is C23H25N3O5S2. The van der Waals surface area contributed by atoms with Gasteiger partial charge in [0.25, 0.3) is 0 Å². The lowest BCUT2D eigenvalue weighted by molar-refractivity contribution is -0.116. The minimum absolute atomic E-state index is 0.123. The molecule has 0 spiro atoms. The SMILES string of the molecule is COc1cc(CSc2nc(CC(=O)Nc3cc(NC(C)=O)ccc3OC)cs2)cc(OC)c1. The first-order chi connectivity index (χ1) is 15.9. The van der Waals surface area contributed by atoms with Crippen LogP contribution in [0.1, 0.15) is 18.2 Å². The molecule has 0 aliphatic rings. The highest BCUT2D eigenvalue weighted by Gasteiger charge is 2.13. The van der Waals surface area contributed by atoms with Crippen LogP contribution in [-0.2, 0) is 21.8 Å². The molecule has 0 fully saturated rings. The second kappa shape index (κ2) is 11.6. The van der Waals surface area contributed by atoms with E-state index in [1.165, 1.54) is 25.4 Å². The fourth-order valence-electron chi connectivity index (χ4n) is 2.98. The van der Waals surface area contributed by atoms with Gasteiger partial charge in [-0.15, -0.1) is 11.3 Å². The Morgan fingerprint density at radius 3 is 2.36 bits per heavy atom. The second-order valence-corrected chi connectivity index (χ2v) is 9.02. The van der Waals surface area contributed by atoms with Gasteiger partial charge in [0.15, 0.2) is 0 Å². The van der Waals surface area contributed by atoms with Crippen LogP contribution in [0.2, 0.25) is 0 Å². The van der Waals surface area contributed by atoms with Crippen molar-refractivity contribution in [3.63, 3.8) is 0 Å². The van der Waals surface area contributed by atoms with Gasteiger partial charge in [0.2, 0.25) is 11.8 Å². The van der Waals surface area contributed by atoms with Crippen LogP contribution < -0.4 is 24.8 Å². The van der Waals surface area contributed by atoms with Crippen LogP contribution in [0.25, 0.3) is 0 Å². The number of benzene rings is 2. The van der Waals surface area contributed by atoms with Crippen LogP contribution in [0.15, 0.2) is 46.1 Å². The largest absolute Gasteiger partial charge is 0.497 e. The highest BCUT2D eigenvalue weighted by molar-refractivity contribution is 8.00. The van der Waals surface area contributed by atoms with Gasteiger partial charge in [0, 0.05) is 29.8 Å². The van der Waals surface area contributed by atoms with Gasteiger partial charge in [-0.25, -0.2) is 4.98 Å². The Morgan fingerprint density at radius 1 is 1.00 bits per heavy atom. The van der Waals surface area contributed by atoms with E-state index in [0.717, 1.165) is 21.4 Å². The van der Waals surface area contributed by atoms with Gasteiger partial charge in [-0.2, -0.15) is 0 Å². The number of hydrogen-bond acceptors (Lipinski definition) is 8. The van der Waals surface area contributed by atoms with Crippen LogP contribution in [0.5, 0.6) is 17.2 Å². The molecule has 3 aromatic rings. The van der Waals surface area contributed by atoms with Gasteiger partial charge in [-0.05, 0) is 35.9 Å². The van der Waals surface area contributed by atoms with E-state index in [2.05, 4.69) is 15.6 Å². The van der Waals surface area contributed by atoms with Crippen LogP contribution in [-0.4, -0.2) is 38.1 Å². The fraction of sp³-hybridized carbons (Fsp3) is 0.261. The van der Waals surface area contributed by atoms with E-state index in [1.54, 1.807) is 44.2 Å². The Kier molecular flexibility index (Phi) is 8.56. The van der Waals surface area contributed by atoms with Gasteiger partial charge in [0.1, 0.15) is 21.6 Å². The molecule has 0 bridgehead atoms. The van der Waals surface area contributed by atoms with E-state index in [4.69, 9.17) is 14.2 Å². The first-order valence-corrected chi connectivity index (χ1v) is 11.8. The van der Waals surface area contributed by atoms with Gasteiger partial charge in [-0.1, -0.05) is 11.8 Å². The predicted molar refractivity (Wildman–Crippen MR) is 131 cm³/mol. The van der Waals surface area contributed by atoms with Crippen LogP contribution in [0.4, 0.5) is 11.4 Å². The number of thioether (sulfide) groups is 1. The van der Waals surface area contributed by atoms with E-state index in [1.807, 2.05) is 23.6 Å². The minimum atomic E-state index is -0.229. The number of rotatable bonds is 10. The van der Waals surface area contributed by atoms with Crippen molar-refractivity contribution < 1.29 is 23.8 Å². The van der Waals surface area contributed by atoms with Crippen molar-refractivity contribution in [1.29, 1.82) is 0 Å². The van der Waals surface area contributed by atoms with Crippen molar-refractivity contribution in [3.05, 3.63) is 53.0 Å². The maximum absolute atomic E-state index is 12.6. The van der Waals surface area contributed by atoms with E-state index in [0.29, 0.717) is 28.6 Å². The van der Waals surface area contributed by atoms with Gasteiger partial charge in [-0.3, -0.25) is 9.59 Å². The first-order valence-electron chi connectivity index (χ1n) is 9.94. The summed E-state index contributed by atoms with van der Waals surface area (Å²) in [5.41, 5.74) is 2.78. The van der Waals surface area contributed by atoms with E-state index >= 15 is 0 Å². The highest BCUT2D eigenvalue weighted by Crippen LogP contribution is 2.31. The zero-order chi connectivity index (χ0) is 23.8. The van der Waals surface area contributed by atoms with Crippen molar-refractivity contribution in [2.24, 2.45) is 0 Å². The molecule has 0 radical (unpaired) electrons. The predicted octanol–water partition coefficient (Wildman–Crippen LogP) is 4.60. The standard InChI is InChI=1S/C23H25N3O5S2/c1-14(27)24-16-5-6-21(31-4)20(9-16)26-22(28)10-17-13-33-23(25-17)32-12-15-7-18(29-2)11-19(8-15)30-3/h5-9,11,13H,10,12H2,1-4H3,(H,24,27)(H,26,28). The van der Waals surface area contributed by atoms with Crippen molar-refractivity contribution in [2.75, 3.05) is 32.0 Å². The lowest BCUT2D eigenvalue weighted by Crippen LogP contribution is -2.15. The molecule has 0 saturated heterocycles. The van der Waals surface area contributed by atoms with Gasteiger partial charge < -0.3 is 24.8 Å². The normalized spacial score (nSPS) is 10.4. The number of thiazole rings is 1. The third-order valence-electron chi connectivity index (χ3n) is 4.44. The zero-order valence-corrected chi connectivity index (χ0v) is 20.4. The Bertz CT molecular complexity index is 1110. The van der Waals surface area contributed by atoms with Crippen LogP contribution >= 0.6 is 23.1 Å². The van der Waals surface area contributed by atoms with E-state index in [9.17, 15) is 9.59 Å². The maximum atomic E-state index is 12.6. The molecule has 3 rings (SSSR count). The molecule has 0 aliphatic carbocycles. The third kappa shape index (κ3) is 7.13.